The van der Waals surface area contributed by atoms with Gasteiger partial charge in [-0.05, 0) is 137 Å². The van der Waals surface area contributed by atoms with Gasteiger partial charge < -0.3 is 44.1 Å². The molecule has 3 aliphatic rings. The Bertz CT molecular complexity index is 2440. The van der Waals surface area contributed by atoms with E-state index in [1.165, 1.54) is 10.6 Å². The van der Waals surface area contributed by atoms with Gasteiger partial charge in [-0.2, -0.15) is 0 Å². The molecule has 0 unspecified atom stereocenters. The summed E-state index contributed by atoms with van der Waals surface area (Å²) in [6.45, 7) is 18.6. The summed E-state index contributed by atoms with van der Waals surface area (Å²) < 4.78 is 18.9. The van der Waals surface area contributed by atoms with Crippen molar-refractivity contribution in [2.45, 2.75) is 130 Å². The van der Waals surface area contributed by atoms with Crippen LogP contribution in [0, 0.1) is 11.3 Å². The lowest BCUT2D eigenvalue weighted by atomic mass is 9.84. The number of carbonyl (C=O) groups excluding carboxylic acids is 3. The number of amides is 2. The maximum atomic E-state index is 13.9. The number of pyridine rings is 1. The quantitative estimate of drug-likeness (QED) is 0.0685. The number of rotatable bonds is 19. The summed E-state index contributed by atoms with van der Waals surface area (Å²) in [5.74, 6) is -0.887. The van der Waals surface area contributed by atoms with Gasteiger partial charge in [-0.15, -0.1) is 0 Å². The molecule has 1 saturated carbocycles. The molecule has 2 aromatic heterocycles. The number of methoxy groups -OCH3 is 1. The third kappa shape index (κ3) is 11.8. The molecule has 1 aliphatic carbocycles. The summed E-state index contributed by atoms with van der Waals surface area (Å²) in [6.07, 6.45) is 4.51. The number of aliphatic carboxylic acids is 1. The normalized spacial score (nSPS) is 19.7. The van der Waals surface area contributed by atoms with Gasteiger partial charge in [0, 0.05) is 75.1 Å². The topological polar surface area (TPSA) is 188 Å². The number of hydrogen-bond acceptors (Lipinski definition) is 12. The summed E-state index contributed by atoms with van der Waals surface area (Å²) in [4.78, 5) is 59.4. The molecule has 2 aliphatic heterocycles. The number of fused-ring (bicyclic) bond motifs is 1. The molecule has 0 spiro atoms. The lowest BCUT2D eigenvalue weighted by Crippen LogP contribution is -2.60. The monoisotopic (exact) mass is 938 g/mol. The Kier molecular flexibility index (Phi) is 15.7. The van der Waals surface area contributed by atoms with Crippen molar-refractivity contribution in [3.63, 3.8) is 0 Å². The van der Waals surface area contributed by atoms with Crippen molar-refractivity contribution < 1.29 is 43.6 Å². The van der Waals surface area contributed by atoms with Gasteiger partial charge in [-0.1, -0.05) is 32.0 Å². The van der Waals surface area contributed by atoms with Gasteiger partial charge >= 0.3 is 12.1 Å². The number of carbonyl (C=O) groups is 4. The van der Waals surface area contributed by atoms with Crippen molar-refractivity contribution in [2.75, 3.05) is 56.2 Å². The number of aliphatic hydroxyl groups is 1. The largest absolute Gasteiger partial charge is 0.480 e. The molecule has 7 rings (SSSR count). The Labute approximate surface area is 400 Å². The lowest BCUT2D eigenvalue weighted by Gasteiger charge is -2.37. The van der Waals surface area contributed by atoms with Crippen LogP contribution >= 0.6 is 0 Å². The van der Waals surface area contributed by atoms with Gasteiger partial charge in [0.2, 0.25) is 0 Å². The average molecular weight is 938 g/mol. The first kappa shape index (κ1) is 50.2. The minimum Gasteiger partial charge on any atom is -0.480 e. The van der Waals surface area contributed by atoms with Gasteiger partial charge in [0.15, 0.2) is 0 Å². The molecule has 5 atom stereocenters. The van der Waals surface area contributed by atoms with E-state index in [2.05, 4.69) is 82.3 Å². The van der Waals surface area contributed by atoms with Gasteiger partial charge in [-0.3, -0.25) is 24.4 Å². The Hall–Kier alpha value is -5.71. The molecule has 16 nitrogen and oxygen atoms in total. The lowest BCUT2D eigenvalue weighted by molar-refractivity contribution is -0.148. The fourth-order valence-corrected chi connectivity index (χ4v) is 9.85. The van der Waals surface area contributed by atoms with Crippen molar-refractivity contribution in [3.8, 4) is 11.3 Å². The molecule has 4 aromatic rings. The van der Waals surface area contributed by atoms with E-state index >= 15 is 0 Å². The maximum Gasteiger partial charge on any atom is 0.408 e. The minimum atomic E-state index is -1.02. The molecule has 68 heavy (non-hydrogen) atoms. The fourth-order valence-electron chi connectivity index (χ4n) is 9.85. The van der Waals surface area contributed by atoms with Gasteiger partial charge in [0.25, 0.3) is 12.4 Å². The number of aromatic nitrogens is 2. The fraction of sp³-hybridized carbons (Fsp3) is 0.558. The average Bonchev–Trinajstić information content (AvgIpc) is 4.05. The van der Waals surface area contributed by atoms with Crippen LogP contribution in [-0.2, 0) is 48.2 Å². The zero-order valence-electron chi connectivity index (χ0n) is 41.0. The van der Waals surface area contributed by atoms with Crippen molar-refractivity contribution in [2.24, 2.45) is 11.3 Å². The van der Waals surface area contributed by atoms with E-state index in [1.54, 1.807) is 27.9 Å². The maximum absolute atomic E-state index is 13.9. The van der Waals surface area contributed by atoms with E-state index in [1.807, 2.05) is 25.3 Å². The van der Waals surface area contributed by atoms with Crippen molar-refractivity contribution in [3.05, 3.63) is 77.1 Å². The van der Waals surface area contributed by atoms with Gasteiger partial charge in [0.1, 0.15) is 24.3 Å². The minimum absolute atomic E-state index is 0.00761. The number of hydrazine groups is 1. The number of aliphatic hydroxyl groups excluding tert-OH is 1. The zero-order chi connectivity index (χ0) is 48.9. The molecule has 2 amide bonds. The third-order valence-electron chi connectivity index (χ3n) is 13.6. The first-order valence-electron chi connectivity index (χ1n) is 24.2. The standard InChI is InChI=1S/C52H71N7O9/c1-9-58-45-18-16-36(39-25-35(39)15-17-43(54-50(65)68-51(3,4)5)48(62)59-19-11-14-44(55-59)49(63)64)26-40(45)42(28-52(6,7)31-60)47(58)41-27-38(29-53-46(41)33(2)66-8)57-22-20-56(21-23-57)37-13-10-12-34(24-37)30-67-32-61/h10,12-13,16,18,24,26-27,29,32-33,35,39,43-44,55,60H,9,11,14-15,17,19-23,25,28,30-31H2,1-8H3,(H,54,65)(H,63,64)/t33-,35+,39+,43-,44-/m0/s1. The molecule has 0 radical (unpaired) electrons. The highest BCUT2D eigenvalue weighted by molar-refractivity contribution is 5.94. The van der Waals surface area contributed by atoms with E-state index in [0.29, 0.717) is 51.7 Å². The smallest absolute Gasteiger partial charge is 0.408 e. The number of alkyl carbamates (subject to hydrolysis) is 1. The molecule has 3 fully saturated rings. The second kappa shape index (κ2) is 21.3. The predicted molar refractivity (Wildman–Crippen MR) is 261 cm³/mol. The number of ether oxygens (including phenoxy) is 3. The summed E-state index contributed by atoms with van der Waals surface area (Å²) in [7, 11) is 1.71. The summed E-state index contributed by atoms with van der Waals surface area (Å²) in [5, 5.41) is 25.6. The van der Waals surface area contributed by atoms with E-state index in [0.717, 1.165) is 83.0 Å². The summed E-state index contributed by atoms with van der Waals surface area (Å²) in [5.41, 5.74) is 11.1. The van der Waals surface area contributed by atoms with Crippen LogP contribution in [0.1, 0.15) is 115 Å². The van der Waals surface area contributed by atoms with Crippen molar-refractivity contribution in [1.82, 2.24) is 25.3 Å². The van der Waals surface area contributed by atoms with E-state index in [9.17, 15) is 29.4 Å². The van der Waals surface area contributed by atoms with Crippen LogP contribution in [0.4, 0.5) is 16.2 Å². The van der Waals surface area contributed by atoms with E-state index in [4.69, 9.17) is 19.2 Å². The van der Waals surface area contributed by atoms with Crippen molar-refractivity contribution >= 4 is 46.7 Å². The van der Waals surface area contributed by atoms with Crippen LogP contribution in [0.2, 0.25) is 0 Å². The van der Waals surface area contributed by atoms with Crippen LogP contribution < -0.4 is 20.5 Å². The van der Waals surface area contributed by atoms with Crippen LogP contribution in [0.3, 0.4) is 0 Å². The molecule has 4 heterocycles. The number of benzene rings is 2. The van der Waals surface area contributed by atoms with E-state index in [-0.39, 0.29) is 37.1 Å². The number of aryl methyl sites for hydroxylation is 1. The summed E-state index contributed by atoms with van der Waals surface area (Å²) in [6, 6.07) is 15.4. The molecule has 2 aromatic carbocycles. The third-order valence-corrected chi connectivity index (χ3v) is 13.6. The molecule has 4 N–H and O–H groups in total. The van der Waals surface area contributed by atoms with Crippen molar-refractivity contribution in [1.29, 1.82) is 0 Å². The Morgan fingerprint density at radius 1 is 1.00 bits per heavy atom. The van der Waals surface area contributed by atoms with Gasteiger partial charge in [0.05, 0.1) is 29.4 Å². The highest BCUT2D eigenvalue weighted by Crippen LogP contribution is 2.52. The highest BCUT2D eigenvalue weighted by atomic mass is 16.6. The van der Waals surface area contributed by atoms with Crippen LogP contribution in [-0.4, -0.2) is 113 Å². The second-order valence-electron chi connectivity index (χ2n) is 20.4. The van der Waals surface area contributed by atoms with Crippen LogP contribution in [0.25, 0.3) is 22.2 Å². The SMILES string of the molecule is CCn1c(-c2cc(N3CCN(c4cccc(COC=O)c4)CC3)cnc2[C@H](C)OC)c(CC(C)(C)CO)c2cc([C@@H]3C[C@H]3CC[C@H](NC(=O)OC(C)(C)C)C(=O)N3CCC[C@@H](C(=O)O)N3)ccc21. The molecule has 368 valence electrons. The zero-order valence-corrected chi connectivity index (χ0v) is 41.0. The second-order valence-corrected chi connectivity index (χ2v) is 20.4. The Morgan fingerprint density at radius 2 is 1.74 bits per heavy atom. The molecule has 16 heteroatoms. The number of piperazine rings is 1. The van der Waals surface area contributed by atoms with Gasteiger partial charge in [-0.25, -0.2) is 10.2 Å². The van der Waals surface area contributed by atoms with Crippen LogP contribution in [0.15, 0.2) is 54.7 Å². The molecule has 2 saturated heterocycles. The summed E-state index contributed by atoms with van der Waals surface area (Å²) >= 11 is 0. The Balaban J connectivity index is 1.17. The number of nitrogens with zero attached hydrogens (tertiary/aromatic N) is 5. The number of hydrogen-bond donors (Lipinski definition) is 4. The highest BCUT2D eigenvalue weighted by Gasteiger charge is 2.41. The molecular formula is C52H71N7O9. The first-order valence-corrected chi connectivity index (χ1v) is 24.2. The Morgan fingerprint density at radius 3 is 2.40 bits per heavy atom. The number of carboxylic acids is 1. The predicted octanol–water partition coefficient (Wildman–Crippen LogP) is 7.35. The number of carboxylic acid groups (broad SMARTS) is 1. The molecular weight excluding hydrogens is 867 g/mol. The van der Waals surface area contributed by atoms with E-state index < -0.39 is 35.2 Å². The first-order chi connectivity index (χ1) is 32.4. The number of nitrogens with one attached hydrogen (secondary N) is 2. The molecule has 0 bridgehead atoms. The number of anilines is 2. The van der Waals surface area contributed by atoms with Crippen LogP contribution in [0.5, 0.6) is 0 Å².